The summed E-state index contributed by atoms with van der Waals surface area (Å²) in [6.45, 7) is 6.68. The van der Waals surface area contributed by atoms with Crippen LogP contribution in [0.3, 0.4) is 0 Å². The molecule has 0 aliphatic carbocycles. The van der Waals surface area contributed by atoms with Crippen molar-refractivity contribution in [2.24, 2.45) is 0 Å². The van der Waals surface area contributed by atoms with Crippen molar-refractivity contribution in [3.05, 3.63) is 52.5 Å². The first-order valence-corrected chi connectivity index (χ1v) is 10.4. The van der Waals surface area contributed by atoms with E-state index in [1.165, 1.54) is 29.8 Å². The Morgan fingerprint density at radius 2 is 1.65 bits per heavy atom. The fraction of sp³-hybridized carbons (Fsp3) is 0.364. The first-order chi connectivity index (χ1) is 14.4. The van der Waals surface area contributed by atoms with E-state index in [0.29, 0.717) is 18.8 Å². The number of nitrogens with one attached hydrogen (secondary N) is 2. The zero-order chi connectivity index (χ0) is 23.2. The van der Waals surface area contributed by atoms with Crippen LogP contribution < -0.4 is 15.4 Å². The summed E-state index contributed by atoms with van der Waals surface area (Å²) in [6.07, 6.45) is -4.37. The lowest BCUT2D eigenvalue weighted by atomic mass is 9.87. The monoisotopic (exact) mass is 500 g/mol. The topological polar surface area (TPSA) is 67.4 Å². The number of benzene rings is 2. The van der Waals surface area contributed by atoms with E-state index in [-0.39, 0.29) is 29.1 Å². The second kappa shape index (κ2) is 10.2. The summed E-state index contributed by atoms with van der Waals surface area (Å²) in [5.41, 5.74) is 1.41. The van der Waals surface area contributed by atoms with E-state index in [1.54, 1.807) is 5.32 Å². The van der Waals surface area contributed by atoms with Gasteiger partial charge in [0, 0.05) is 17.8 Å². The smallest absolute Gasteiger partial charge is 0.471 e. The lowest BCUT2D eigenvalue weighted by Gasteiger charge is -2.20. The van der Waals surface area contributed by atoms with Gasteiger partial charge in [0.25, 0.3) is 0 Å². The zero-order valence-electron chi connectivity index (χ0n) is 17.4. The molecule has 0 saturated carbocycles. The molecule has 0 heterocycles. The zero-order valence-corrected chi connectivity index (χ0v) is 19.0. The van der Waals surface area contributed by atoms with Gasteiger partial charge >= 0.3 is 12.1 Å². The van der Waals surface area contributed by atoms with Gasteiger partial charge in [0.2, 0.25) is 5.91 Å². The minimum Gasteiger partial charge on any atom is -0.492 e. The number of carbonyl (C=O) groups is 2. The van der Waals surface area contributed by atoms with E-state index < -0.39 is 12.1 Å². The molecular formula is C22H24BrF3N2O3. The minimum atomic E-state index is -4.98. The Kier molecular flexibility index (Phi) is 8.11. The molecule has 0 saturated heterocycles. The average molecular weight is 501 g/mol. The molecule has 2 rings (SSSR count). The Morgan fingerprint density at radius 3 is 2.23 bits per heavy atom. The van der Waals surface area contributed by atoms with E-state index in [2.05, 4.69) is 42.0 Å². The van der Waals surface area contributed by atoms with Gasteiger partial charge in [-0.05, 0) is 63.7 Å². The van der Waals surface area contributed by atoms with Crippen molar-refractivity contribution in [2.45, 2.75) is 45.2 Å². The number of anilines is 2. The SMILES string of the molecule is CC(C)(C)c1ccc(OCCCC(=O)Nc2cccc(NC(=O)C(F)(F)F)c2)c(Br)c1. The number of amides is 2. The Labute approximate surface area is 187 Å². The van der Waals surface area contributed by atoms with Crippen LogP contribution in [0.25, 0.3) is 0 Å². The molecule has 2 N–H and O–H groups in total. The maximum absolute atomic E-state index is 12.3. The third-order valence-electron chi connectivity index (χ3n) is 4.27. The molecule has 0 atom stereocenters. The van der Waals surface area contributed by atoms with Crippen molar-refractivity contribution < 1.29 is 27.5 Å². The lowest BCUT2D eigenvalue weighted by molar-refractivity contribution is -0.167. The van der Waals surface area contributed by atoms with E-state index in [1.807, 2.05) is 18.2 Å². The highest BCUT2D eigenvalue weighted by molar-refractivity contribution is 9.10. The summed E-state index contributed by atoms with van der Waals surface area (Å²) in [5, 5.41) is 4.34. The summed E-state index contributed by atoms with van der Waals surface area (Å²) in [5.74, 6) is -1.71. The van der Waals surface area contributed by atoms with Gasteiger partial charge < -0.3 is 15.4 Å². The van der Waals surface area contributed by atoms with Gasteiger partial charge in [0.05, 0.1) is 11.1 Å². The molecule has 5 nitrogen and oxygen atoms in total. The summed E-state index contributed by atoms with van der Waals surface area (Å²) in [6, 6.07) is 11.4. The van der Waals surface area contributed by atoms with Gasteiger partial charge in [-0.2, -0.15) is 13.2 Å². The van der Waals surface area contributed by atoms with E-state index >= 15 is 0 Å². The molecular weight excluding hydrogens is 477 g/mol. The number of carbonyl (C=O) groups excluding carboxylic acids is 2. The second-order valence-corrected chi connectivity index (χ2v) is 8.78. The van der Waals surface area contributed by atoms with Crippen LogP contribution in [0.4, 0.5) is 24.5 Å². The first kappa shape index (κ1) is 24.7. The summed E-state index contributed by atoms with van der Waals surface area (Å²) in [4.78, 5) is 23.1. The largest absolute Gasteiger partial charge is 0.492 e. The van der Waals surface area contributed by atoms with Crippen LogP contribution in [0.5, 0.6) is 5.75 Å². The van der Waals surface area contributed by atoms with Crippen molar-refractivity contribution in [2.75, 3.05) is 17.2 Å². The van der Waals surface area contributed by atoms with Gasteiger partial charge in [0.15, 0.2) is 0 Å². The molecule has 168 valence electrons. The molecule has 0 radical (unpaired) electrons. The average Bonchev–Trinajstić information content (AvgIpc) is 2.65. The molecule has 31 heavy (non-hydrogen) atoms. The van der Waals surface area contributed by atoms with Gasteiger partial charge in [-0.1, -0.05) is 32.9 Å². The normalized spacial score (nSPS) is 11.7. The fourth-order valence-corrected chi connectivity index (χ4v) is 3.09. The molecule has 0 bridgehead atoms. The molecule has 0 aliphatic heterocycles. The molecule has 0 spiro atoms. The maximum Gasteiger partial charge on any atom is 0.471 e. The van der Waals surface area contributed by atoms with Crippen LogP contribution in [-0.4, -0.2) is 24.6 Å². The molecule has 0 aromatic heterocycles. The Bertz CT molecular complexity index is 940. The van der Waals surface area contributed by atoms with Crippen LogP contribution in [0.1, 0.15) is 39.2 Å². The summed E-state index contributed by atoms with van der Waals surface area (Å²) < 4.78 is 43.6. The predicted molar refractivity (Wildman–Crippen MR) is 117 cm³/mol. The Balaban J connectivity index is 1.81. The van der Waals surface area contributed by atoms with Gasteiger partial charge in [0.1, 0.15) is 5.75 Å². The second-order valence-electron chi connectivity index (χ2n) is 7.93. The maximum atomic E-state index is 12.3. The van der Waals surface area contributed by atoms with Crippen LogP contribution in [-0.2, 0) is 15.0 Å². The van der Waals surface area contributed by atoms with E-state index in [9.17, 15) is 22.8 Å². The Hall–Kier alpha value is -2.55. The van der Waals surface area contributed by atoms with Crippen molar-refractivity contribution in [1.82, 2.24) is 0 Å². The van der Waals surface area contributed by atoms with Gasteiger partial charge in [-0.15, -0.1) is 0 Å². The standard InChI is InChI=1S/C22H24BrF3N2O3/c1-21(2,3)14-9-10-18(17(23)12-14)31-11-5-8-19(29)27-15-6-4-7-16(13-15)28-20(30)22(24,25)26/h4,6-7,9-10,12-13H,5,8,11H2,1-3H3,(H,27,29)(H,28,30). The molecule has 2 amide bonds. The quantitative estimate of drug-likeness (QED) is 0.455. The lowest BCUT2D eigenvalue weighted by Crippen LogP contribution is -2.29. The molecule has 0 aliphatic rings. The highest BCUT2D eigenvalue weighted by Gasteiger charge is 2.38. The number of hydrogen-bond acceptors (Lipinski definition) is 3. The van der Waals surface area contributed by atoms with Crippen LogP contribution in [0, 0.1) is 0 Å². The summed E-state index contributed by atoms with van der Waals surface area (Å²) >= 11 is 3.50. The van der Waals surface area contributed by atoms with Crippen molar-refractivity contribution >= 4 is 39.1 Å². The third kappa shape index (κ3) is 7.90. The molecule has 9 heteroatoms. The number of halogens is 4. The van der Waals surface area contributed by atoms with E-state index in [0.717, 1.165) is 4.47 Å². The number of hydrogen-bond donors (Lipinski definition) is 2. The fourth-order valence-electron chi connectivity index (χ4n) is 2.60. The van der Waals surface area contributed by atoms with Crippen LogP contribution in [0.15, 0.2) is 46.9 Å². The first-order valence-electron chi connectivity index (χ1n) is 9.57. The van der Waals surface area contributed by atoms with Crippen LogP contribution in [0.2, 0.25) is 0 Å². The highest BCUT2D eigenvalue weighted by Crippen LogP contribution is 2.31. The molecule has 2 aromatic rings. The van der Waals surface area contributed by atoms with Crippen LogP contribution >= 0.6 is 15.9 Å². The van der Waals surface area contributed by atoms with Crippen molar-refractivity contribution in [3.8, 4) is 5.75 Å². The van der Waals surface area contributed by atoms with Gasteiger partial charge in [-0.3, -0.25) is 9.59 Å². The predicted octanol–water partition coefficient (Wildman–Crippen LogP) is 6.05. The summed E-state index contributed by atoms with van der Waals surface area (Å²) in [7, 11) is 0. The van der Waals surface area contributed by atoms with Crippen molar-refractivity contribution in [1.29, 1.82) is 0 Å². The number of ether oxygens (including phenoxy) is 1. The third-order valence-corrected chi connectivity index (χ3v) is 4.89. The molecule has 2 aromatic carbocycles. The van der Waals surface area contributed by atoms with E-state index in [4.69, 9.17) is 4.74 Å². The molecule has 0 unspecified atom stereocenters. The Morgan fingerprint density at radius 1 is 1.00 bits per heavy atom. The van der Waals surface area contributed by atoms with Crippen molar-refractivity contribution in [3.63, 3.8) is 0 Å². The minimum absolute atomic E-state index is 0.0198. The number of alkyl halides is 3. The molecule has 0 fully saturated rings. The number of rotatable bonds is 7. The van der Waals surface area contributed by atoms with Gasteiger partial charge in [-0.25, -0.2) is 0 Å². The highest BCUT2D eigenvalue weighted by atomic mass is 79.9.